The molecule has 0 aromatic heterocycles. The van der Waals surface area contributed by atoms with E-state index in [1.807, 2.05) is 30.3 Å². The van der Waals surface area contributed by atoms with Crippen molar-refractivity contribution in [2.45, 2.75) is 37.5 Å². The number of rotatable bonds is 12. The molecule has 3 aromatic carbocycles. The quantitative estimate of drug-likeness (QED) is 0.0493. The van der Waals surface area contributed by atoms with Crippen LogP contribution in [-0.2, 0) is 19.4 Å². The van der Waals surface area contributed by atoms with Gasteiger partial charge in [-0.25, -0.2) is 18.3 Å². The van der Waals surface area contributed by atoms with Crippen LogP contribution in [0, 0.1) is 0 Å². The van der Waals surface area contributed by atoms with Gasteiger partial charge in [0.1, 0.15) is 24.4 Å². The number of hydrogen-bond acceptors (Lipinski definition) is 8. The molecule has 3 aromatic rings. The molecule has 0 unspecified atom stereocenters. The molecular formula is C33H36N3O6S2+. The summed E-state index contributed by atoms with van der Waals surface area (Å²) < 4.78 is 43.0. The summed E-state index contributed by atoms with van der Waals surface area (Å²) in [7, 11) is -3.94. The number of nitrogens with zero attached hydrogens (tertiary/aromatic N) is 2. The van der Waals surface area contributed by atoms with Gasteiger partial charge >= 0.3 is 0 Å². The number of anilines is 2. The molecule has 0 saturated heterocycles. The SMILES string of the molecule is CCN(CC)c1ccc2c(-c3ccc(S(=O)(=O)Nc4ccccc4)cc3SOOO)c3ccc(=[N+](CC)CC)cc-3oc2c1. The van der Waals surface area contributed by atoms with E-state index in [1.165, 1.54) is 6.07 Å². The first kappa shape index (κ1) is 31.6. The molecule has 2 N–H and O–H groups in total. The molecule has 0 radical (unpaired) electrons. The lowest BCUT2D eigenvalue weighted by Crippen LogP contribution is -2.29. The minimum absolute atomic E-state index is 0.0241. The standard InChI is InChI=1S/C33H35N3O6S2/c1-5-35(6-2)24-14-17-27-30(20-24)40-31-21-25(36(7-3)8-4)15-18-28(31)33(27)29-19-16-26(22-32(29)43-42-41-37)44(38,39)34-23-12-10-9-11-13-23/h9-22,34H,5-8H2,1-4H3/p+1. The molecule has 2 aliphatic rings. The Morgan fingerprint density at radius 1 is 0.886 bits per heavy atom. The van der Waals surface area contributed by atoms with E-state index >= 15 is 0 Å². The van der Waals surface area contributed by atoms with Gasteiger partial charge in [0.25, 0.3) is 10.0 Å². The molecule has 1 aliphatic carbocycles. The van der Waals surface area contributed by atoms with Crippen molar-refractivity contribution < 1.29 is 27.5 Å². The number of fused-ring (bicyclic) bond motifs is 2. The van der Waals surface area contributed by atoms with Crippen LogP contribution in [0.4, 0.5) is 11.4 Å². The summed E-state index contributed by atoms with van der Waals surface area (Å²) >= 11 is 0.715. The lowest BCUT2D eigenvalue weighted by Gasteiger charge is -2.22. The summed E-state index contributed by atoms with van der Waals surface area (Å²) in [6.07, 6.45) is 0. The summed E-state index contributed by atoms with van der Waals surface area (Å²) in [4.78, 5) is 2.69. The Morgan fingerprint density at radius 2 is 1.61 bits per heavy atom. The Hall–Kier alpha value is -3.87. The molecule has 0 atom stereocenters. The first-order chi connectivity index (χ1) is 21.3. The van der Waals surface area contributed by atoms with E-state index in [1.54, 1.807) is 36.4 Å². The molecule has 230 valence electrons. The second-order valence-corrected chi connectivity index (χ2v) is 12.5. The molecule has 44 heavy (non-hydrogen) atoms. The van der Waals surface area contributed by atoms with Crippen LogP contribution in [0.15, 0.2) is 99.1 Å². The highest BCUT2D eigenvalue weighted by Gasteiger charge is 2.24. The fourth-order valence-corrected chi connectivity index (χ4v) is 7.14. The normalized spacial score (nSPS) is 11.7. The molecule has 9 nitrogen and oxygen atoms in total. The zero-order valence-corrected chi connectivity index (χ0v) is 26.7. The van der Waals surface area contributed by atoms with Gasteiger partial charge in [-0.1, -0.05) is 29.3 Å². The monoisotopic (exact) mass is 634 g/mol. The van der Waals surface area contributed by atoms with E-state index in [0.717, 1.165) is 53.7 Å². The van der Waals surface area contributed by atoms with Gasteiger partial charge in [0.15, 0.2) is 0 Å². The van der Waals surface area contributed by atoms with Gasteiger partial charge < -0.3 is 9.32 Å². The molecular weight excluding hydrogens is 599 g/mol. The number of nitrogens with one attached hydrogen (secondary N) is 1. The van der Waals surface area contributed by atoms with E-state index in [-0.39, 0.29) is 4.90 Å². The van der Waals surface area contributed by atoms with Crippen molar-refractivity contribution >= 4 is 44.4 Å². The van der Waals surface area contributed by atoms with Gasteiger partial charge in [0.05, 0.1) is 23.0 Å². The van der Waals surface area contributed by atoms with E-state index in [2.05, 4.69) is 59.1 Å². The second-order valence-electron chi connectivity index (χ2n) is 10.0. The van der Waals surface area contributed by atoms with Crippen LogP contribution in [0.2, 0.25) is 0 Å². The average Bonchev–Trinajstić information content (AvgIpc) is 3.04. The van der Waals surface area contributed by atoms with Crippen molar-refractivity contribution in [3.63, 3.8) is 0 Å². The van der Waals surface area contributed by atoms with E-state index in [0.29, 0.717) is 39.5 Å². The van der Waals surface area contributed by atoms with Gasteiger partial charge in [0, 0.05) is 58.0 Å². The minimum atomic E-state index is -3.94. The molecule has 1 heterocycles. The van der Waals surface area contributed by atoms with Crippen LogP contribution in [-0.4, -0.2) is 39.9 Å². The third-order valence-corrected chi connectivity index (χ3v) is 9.68. The molecule has 0 spiro atoms. The Kier molecular flexibility index (Phi) is 9.92. The number of benzene rings is 4. The summed E-state index contributed by atoms with van der Waals surface area (Å²) in [6.45, 7) is 11.8. The Bertz CT molecular complexity index is 1900. The largest absolute Gasteiger partial charge is 0.456 e. The van der Waals surface area contributed by atoms with E-state index in [9.17, 15) is 8.42 Å². The van der Waals surface area contributed by atoms with Crippen molar-refractivity contribution in [3.05, 3.63) is 90.3 Å². The number of hydrogen-bond donors (Lipinski definition) is 2. The number of para-hydroxylation sites is 1. The average molecular weight is 635 g/mol. The zero-order valence-electron chi connectivity index (χ0n) is 25.1. The maximum Gasteiger partial charge on any atom is 0.261 e. The topological polar surface area (TPSA) is 104 Å². The summed E-state index contributed by atoms with van der Waals surface area (Å²) in [5, 5.41) is 14.8. The fourth-order valence-electron chi connectivity index (χ4n) is 5.45. The van der Waals surface area contributed by atoms with Crippen LogP contribution >= 0.6 is 12.0 Å². The maximum atomic E-state index is 13.4. The van der Waals surface area contributed by atoms with Crippen molar-refractivity contribution in [1.82, 2.24) is 4.58 Å². The highest BCUT2D eigenvalue weighted by atomic mass is 32.2. The third kappa shape index (κ3) is 6.47. The molecule has 0 saturated carbocycles. The summed E-state index contributed by atoms with van der Waals surface area (Å²) in [6, 6.07) is 25.7. The smallest absolute Gasteiger partial charge is 0.261 e. The van der Waals surface area contributed by atoms with Gasteiger partial charge in [0.2, 0.25) is 5.36 Å². The highest BCUT2D eigenvalue weighted by molar-refractivity contribution is 7.95. The van der Waals surface area contributed by atoms with Crippen molar-refractivity contribution in [3.8, 4) is 22.5 Å². The predicted octanol–water partition coefficient (Wildman–Crippen LogP) is 7.09. The Balaban J connectivity index is 1.77. The first-order valence-electron chi connectivity index (χ1n) is 14.5. The molecule has 5 rings (SSSR count). The zero-order chi connectivity index (χ0) is 31.3. The van der Waals surface area contributed by atoms with Crippen LogP contribution in [0.25, 0.3) is 33.4 Å². The van der Waals surface area contributed by atoms with Crippen LogP contribution in [0.5, 0.6) is 0 Å². The van der Waals surface area contributed by atoms with Crippen LogP contribution in [0.3, 0.4) is 0 Å². The summed E-state index contributed by atoms with van der Waals surface area (Å²) in [5.74, 6) is 0.686. The van der Waals surface area contributed by atoms with Gasteiger partial charge in [-0.05, 0) is 75.7 Å². The van der Waals surface area contributed by atoms with Gasteiger partial charge in [-0.3, -0.25) is 4.72 Å². The van der Waals surface area contributed by atoms with Gasteiger partial charge in [-0.15, -0.1) is 4.33 Å². The third-order valence-electron chi connectivity index (χ3n) is 7.66. The highest BCUT2D eigenvalue weighted by Crippen LogP contribution is 2.45. The minimum Gasteiger partial charge on any atom is -0.456 e. The van der Waals surface area contributed by atoms with Gasteiger partial charge in [-0.2, -0.15) is 0 Å². The van der Waals surface area contributed by atoms with E-state index < -0.39 is 10.0 Å². The van der Waals surface area contributed by atoms with Crippen LogP contribution < -0.4 is 19.6 Å². The van der Waals surface area contributed by atoms with E-state index in [4.69, 9.17) is 14.0 Å². The van der Waals surface area contributed by atoms with Crippen molar-refractivity contribution in [2.75, 3.05) is 35.8 Å². The fraction of sp³-hybridized carbons (Fsp3) is 0.242. The lowest BCUT2D eigenvalue weighted by molar-refractivity contribution is -0.432. The first-order valence-corrected chi connectivity index (χ1v) is 16.8. The molecule has 1 aliphatic heterocycles. The molecule has 0 amide bonds. The lowest BCUT2D eigenvalue weighted by atomic mass is 9.93. The predicted molar refractivity (Wildman–Crippen MR) is 176 cm³/mol. The van der Waals surface area contributed by atoms with Crippen molar-refractivity contribution in [1.29, 1.82) is 0 Å². The maximum absolute atomic E-state index is 13.4. The number of sulfonamides is 1. The molecule has 0 bridgehead atoms. The Morgan fingerprint density at radius 3 is 2.30 bits per heavy atom. The molecule has 0 fully saturated rings. The molecule has 11 heteroatoms. The van der Waals surface area contributed by atoms with Crippen LogP contribution in [0.1, 0.15) is 27.7 Å². The second kappa shape index (κ2) is 13.8. The van der Waals surface area contributed by atoms with Crippen molar-refractivity contribution in [2.24, 2.45) is 0 Å². The summed E-state index contributed by atoms with van der Waals surface area (Å²) in [5.41, 5.74) is 4.53. The Labute approximate surface area is 261 Å².